The quantitative estimate of drug-likeness (QED) is 0.852. The third-order valence-corrected chi connectivity index (χ3v) is 2.83. The van der Waals surface area contributed by atoms with Gasteiger partial charge >= 0.3 is 5.97 Å². The summed E-state index contributed by atoms with van der Waals surface area (Å²) >= 11 is 0. The van der Waals surface area contributed by atoms with Crippen molar-refractivity contribution in [1.82, 2.24) is 4.90 Å². The minimum Gasteiger partial charge on any atom is -0.480 e. The third kappa shape index (κ3) is 3.50. The summed E-state index contributed by atoms with van der Waals surface area (Å²) in [5.41, 5.74) is 0.185. The molecule has 0 bridgehead atoms. The number of hydrogen-bond acceptors (Lipinski definition) is 2. The van der Waals surface area contributed by atoms with E-state index in [0.29, 0.717) is 6.54 Å². The number of nitrogens with zero attached hydrogens (tertiary/aromatic N) is 1. The molecule has 0 aromatic heterocycles. The molecule has 0 heterocycles. The molecule has 0 aliphatic rings. The van der Waals surface area contributed by atoms with Gasteiger partial charge in [-0.2, -0.15) is 0 Å². The molecule has 1 aromatic carbocycles. The zero-order valence-corrected chi connectivity index (χ0v) is 10.5. The van der Waals surface area contributed by atoms with E-state index in [-0.39, 0.29) is 12.1 Å². The molecule has 0 spiro atoms. The SMILES string of the molecule is CCCN(CC(=O)O)C(C)c1cccc(F)c1F. The van der Waals surface area contributed by atoms with Crippen LogP contribution in [-0.2, 0) is 4.79 Å². The highest BCUT2D eigenvalue weighted by molar-refractivity contribution is 5.69. The van der Waals surface area contributed by atoms with E-state index < -0.39 is 23.6 Å². The maximum absolute atomic E-state index is 13.6. The molecule has 1 unspecified atom stereocenters. The molecule has 0 aliphatic carbocycles. The van der Waals surface area contributed by atoms with E-state index in [1.807, 2.05) is 6.92 Å². The predicted molar refractivity (Wildman–Crippen MR) is 64.3 cm³/mol. The van der Waals surface area contributed by atoms with Crippen LogP contribution in [0.3, 0.4) is 0 Å². The molecule has 0 saturated carbocycles. The van der Waals surface area contributed by atoms with Crippen LogP contribution >= 0.6 is 0 Å². The number of aliphatic carboxylic acids is 1. The molecule has 0 radical (unpaired) electrons. The monoisotopic (exact) mass is 257 g/mol. The average Bonchev–Trinajstić information content (AvgIpc) is 2.31. The summed E-state index contributed by atoms with van der Waals surface area (Å²) in [4.78, 5) is 12.4. The number of carbonyl (C=O) groups is 1. The Kier molecular flexibility index (Phi) is 5.22. The normalized spacial score (nSPS) is 12.7. The molecule has 1 rings (SSSR count). The van der Waals surface area contributed by atoms with Crippen molar-refractivity contribution >= 4 is 5.97 Å². The van der Waals surface area contributed by atoms with Crippen molar-refractivity contribution in [2.75, 3.05) is 13.1 Å². The molecule has 18 heavy (non-hydrogen) atoms. The van der Waals surface area contributed by atoms with Gasteiger partial charge in [-0.05, 0) is 26.0 Å². The third-order valence-electron chi connectivity index (χ3n) is 2.83. The first-order valence-electron chi connectivity index (χ1n) is 5.87. The Labute approximate surface area is 105 Å². The molecule has 0 fully saturated rings. The van der Waals surface area contributed by atoms with Crippen LogP contribution in [0.4, 0.5) is 8.78 Å². The fourth-order valence-corrected chi connectivity index (χ4v) is 1.91. The van der Waals surface area contributed by atoms with Crippen molar-refractivity contribution in [3.63, 3.8) is 0 Å². The van der Waals surface area contributed by atoms with Crippen LogP contribution in [0.15, 0.2) is 18.2 Å². The van der Waals surface area contributed by atoms with Crippen LogP contribution in [0.1, 0.15) is 31.9 Å². The van der Waals surface area contributed by atoms with Crippen molar-refractivity contribution < 1.29 is 18.7 Å². The van der Waals surface area contributed by atoms with Crippen molar-refractivity contribution in [1.29, 1.82) is 0 Å². The lowest BCUT2D eigenvalue weighted by Gasteiger charge is -2.27. The van der Waals surface area contributed by atoms with Gasteiger partial charge in [0.2, 0.25) is 0 Å². The summed E-state index contributed by atoms with van der Waals surface area (Å²) in [5, 5.41) is 8.82. The Hall–Kier alpha value is -1.49. The van der Waals surface area contributed by atoms with Crippen molar-refractivity contribution in [2.45, 2.75) is 26.3 Å². The van der Waals surface area contributed by atoms with Gasteiger partial charge in [-0.15, -0.1) is 0 Å². The molecule has 3 nitrogen and oxygen atoms in total. The lowest BCUT2D eigenvalue weighted by molar-refractivity contribution is -0.138. The summed E-state index contributed by atoms with van der Waals surface area (Å²) in [6.07, 6.45) is 0.745. The molecule has 1 aromatic rings. The zero-order valence-electron chi connectivity index (χ0n) is 10.5. The first kappa shape index (κ1) is 14.6. The van der Waals surface area contributed by atoms with Crippen LogP contribution in [0.25, 0.3) is 0 Å². The number of carboxylic acid groups (broad SMARTS) is 1. The first-order chi connectivity index (χ1) is 8.47. The van der Waals surface area contributed by atoms with E-state index in [1.165, 1.54) is 12.1 Å². The van der Waals surface area contributed by atoms with Gasteiger partial charge in [-0.1, -0.05) is 19.1 Å². The van der Waals surface area contributed by atoms with Crippen molar-refractivity contribution in [2.24, 2.45) is 0 Å². The smallest absolute Gasteiger partial charge is 0.317 e. The Balaban J connectivity index is 2.97. The van der Waals surface area contributed by atoms with E-state index >= 15 is 0 Å². The highest BCUT2D eigenvalue weighted by Gasteiger charge is 2.21. The number of carboxylic acids is 1. The largest absolute Gasteiger partial charge is 0.480 e. The predicted octanol–water partition coefficient (Wildman–Crippen LogP) is 2.82. The Morgan fingerprint density at radius 3 is 2.67 bits per heavy atom. The second-order valence-corrected chi connectivity index (χ2v) is 4.18. The van der Waals surface area contributed by atoms with Gasteiger partial charge in [0.1, 0.15) is 0 Å². The first-order valence-corrected chi connectivity index (χ1v) is 5.87. The molecule has 100 valence electrons. The lowest BCUT2D eigenvalue weighted by atomic mass is 10.1. The fourth-order valence-electron chi connectivity index (χ4n) is 1.91. The molecule has 1 atom stereocenters. The van der Waals surface area contributed by atoms with Crippen molar-refractivity contribution in [3.05, 3.63) is 35.4 Å². The van der Waals surface area contributed by atoms with Crippen LogP contribution in [0, 0.1) is 11.6 Å². The Bertz CT molecular complexity index is 423. The number of hydrogen-bond donors (Lipinski definition) is 1. The second kappa shape index (κ2) is 6.44. The van der Waals surface area contributed by atoms with E-state index in [9.17, 15) is 13.6 Å². The van der Waals surface area contributed by atoms with Gasteiger partial charge in [0.15, 0.2) is 11.6 Å². The zero-order chi connectivity index (χ0) is 13.7. The second-order valence-electron chi connectivity index (χ2n) is 4.18. The van der Waals surface area contributed by atoms with Gasteiger partial charge in [0.05, 0.1) is 6.54 Å². The van der Waals surface area contributed by atoms with Crippen LogP contribution in [-0.4, -0.2) is 29.1 Å². The van der Waals surface area contributed by atoms with E-state index in [2.05, 4.69) is 0 Å². The molecular formula is C13H17F2NO2. The number of halogens is 2. The highest BCUT2D eigenvalue weighted by atomic mass is 19.2. The van der Waals surface area contributed by atoms with Crippen molar-refractivity contribution in [3.8, 4) is 0 Å². The minimum absolute atomic E-state index is 0.185. The van der Waals surface area contributed by atoms with Gasteiger partial charge < -0.3 is 5.11 Å². The molecule has 5 heteroatoms. The van der Waals surface area contributed by atoms with E-state index in [1.54, 1.807) is 11.8 Å². The molecular weight excluding hydrogens is 240 g/mol. The summed E-state index contributed by atoms with van der Waals surface area (Å²) in [7, 11) is 0. The highest BCUT2D eigenvalue weighted by Crippen LogP contribution is 2.24. The Morgan fingerprint density at radius 2 is 2.11 bits per heavy atom. The molecule has 0 aliphatic heterocycles. The molecule has 0 amide bonds. The van der Waals surface area contributed by atoms with Gasteiger partial charge in [-0.25, -0.2) is 8.78 Å². The maximum atomic E-state index is 13.6. The van der Waals surface area contributed by atoms with Gasteiger partial charge in [0, 0.05) is 11.6 Å². The number of rotatable bonds is 6. The van der Waals surface area contributed by atoms with Gasteiger partial charge in [0.25, 0.3) is 0 Å². The summed E-state index contributed by atoms with van der Waals surface area (Å²) in [6, 6.07) is 3.48. The minimum atomic E-state index is -0.980. The average molecular weight is 257 g/mol. The number of benzene rings is 1. The maximum Gasteiger partial charge on any atom is 0.317 e. The van der Waals surface area contributed by atoms with Crippen LogP contribution < -0.4 is 0 Å². The van der Waals surface area contributed by atoms with E-state index in [4.69, 9.17) is 5.11 Å². The molecule has 1 N–H and O–H groups in total. The van der Waals surface area contributed by atoms with Gasteiger partial charge in [-0.3, -0.25) is 9.69 Å². The van der Waals surface area contributed by atoms with Crippen LogP contribution in [0.2, 0.25) is 0 Å². The Morgan fingerprint density at radius 1 is 1.44 bits per heavy atom. The standard InChI is InChI=1S/C13H17F2NO2/c1-3-7-16(8-12(17)18)9(2)10-5-4-6-11(14)13(10)15/h4-6,9H,3,7-8H2,1-2H3,(H,17,18). The summed E-state index contributed by atoms with van der Waals surface area (Å²) < 4.78 is 26.8. The van der Waals surface area contributed by atoms with E-state index in [0.717, 1.165) is 12.5 Å². The topological polar surface area (TPSA) is 40.5 Å². The fraction of sp³-hybridized carbons (Fsp3) is 0.462. The lowest BCUT2D eigenvalue weighted by Crippen LogP contribution is -2.33. The van der Waals surface area contributed by atoms with Crippen LogP contribution in [0.5, 0.6) is 0 Å². The summed E-state index contributed by atoms with van der Waals surface area (Å²) in [6.45, 7) is 3.91. The summed E-state index contributed by atoms with van der Waals surface area (Å²) in [5.74, 6) is -2.80. The molecule has 0 saturated heterocycles.